The van der Waals surface area contributed by atoms with Crippen molar-refractivity contribution in [3.05, 3.63) is 89.5 Å². The number of Topliss-reactive ketones (excluding diaryl/α,β-unsaturated/α-hetero) is 1. The Morgan fingerprint density at radius 3 is 2.11 bits per heavy atom. The van der Waals surface area contributed by atoms with Gasteiger partial charge in [-0.05, 0) is 11.1 Å². The topological polar surface area (TPSA) is 44.8 Å². The van der Waals surface area contributed by atoms with Crippen LogP contribution in [0.5, 0.6) is 17.2 Å². The summed E-state index contributed by atoms with van der Waals surface area (Å²) in [6.45, 7) is 0.966. The molecule has 0 spiro atoms. The molecule has 27 heavy (non-hydrogen) atoms. The summed E-state index contributed by atoms with van der Waals surface area (Å²) < 4.78 is 17.6. The zero-order valence-corrected chi connectivity index (χ0v) is 14.9. The standard InChI is InChI=1S/C23H20O4/c24-19-11-21-22(26-15-18-9-5-2-6-10-18)12-20(13-23(21)27-16-19)25-14-17-7-3-1-4-8-17/h1-10,12-13H,11,14-16H2. The van der Waals surface area contributed by atoms with Gasteiger partial charge >= 0.3 is 0 Å². The fourth-order valence-electron chi connectivity index (χ4n) is 2.99. The molecule has 136 valence electrons. The number of fused-ring (bicyclic) bond motifs is 1. The minimum Gasteiger partial charge on any atom is -0.489 e. The van der Waals surface area contributed by atoms with Crippen molar-refractivity contribution >= 4 is 5.78 Å². The SMILES string of the molecule is O=C1COc2cc(OCc3ccccc3)cc(OCc3ccccc3)c2C1. The quantitative estimate of drug-likeness (QED) is 0.656. The van der Waals surface area contributed by atoms with Crippen molar-refractivity contribution in [1.29, 1.82) is 0 Å². The van der Waals surface area contributed by atoms with Gasteiger partial charge in [0.1, 0.15) is 37.1 Å². The van der Waals surface area contributed by atoms with Gasteiger partial charge in [-0.25, -0.2) is 0 Å². The van der Waals surface area contributed by atoms with Crippen LogP contribution in [0.1, 0.15) is 16.7 Å². The maximum absolute atomic E-state index is 11.8. The van der Waals surface area contributed by atoms with E-state index in [4.69, 9.17) is 14.2 Å². The van der Waals surface area contributed by atoms with Gasteiger partial charge < -0.3 is 14.2 Å². The van der Waals surface area contributed by atoms with Crippen molar-refractivity contribution in [2.75, 3.05) is 6.61 Å². The molecular weight excluding hydrogens is 340 g/mol. The van der Waals surface area contributed by atoms with E-state index in [0.29, 0.717) is 36.9 Å². The predicted molar refractivity (Wildman–Crippen MR) is 102 cm³/mol. The van der Waals surface area contributed by atoms with Crippen LogP contribution >= 0.6 is 0 Å². The molecule has 4 heteroatoms. The molecule has 1 heterocycles. The number of ketones is 1. The number of hydrogen-bond acceptors (Lipinski definition) is 4. The molecule has 0 amide bonds. The van der Waals surface area contributed by atoms with Gasteiger partial charge in [0, 0.05) is 24.1 Å². The van der Waals surface area contributed by atoms with Gasteiger partial charge in [-0.2, -0.15) is 0 Å². The van der Waals surface area contributed by atoms with Crippen LogP contribution in [0.4, 0.5) is 0 Å². The number of carbonyl (C=O) groups is 1. The molecule has 1 aliphatic heterocycles. The van der Waals surface area contributed by atoms with E-state index < -0.39 is 0 Å². The van der Waals surface area contributed by atoms with Crippen molar-refractivity contribution in [1.82, 2.24) is 0 Å². The summed E-state index contributed by atoms with van der Waals surface area (Å²) in [7, 11) is 0. The average Bonchev–Trinajstić information content (AvgIpc) is 2.72. The lowest BCUT2D eigenvalue weighted by molar-refractivity contribution is -0.121. The van der Waals surface area contributed by atoms with E-state index in [1.165, 1.54) is 0 Å². The molecule has 0 radical (unpaired) electrons. The molecule has 0 bridgehead atoms. The number of hydrogen-bond donors (Lipinski definition) is 0. The van der Waals surface area contributed by atoms with Gasteiger partial charge in [-0.15, -0.1) is 0 Å². The van der Waals surface area contributed by atoms with Crippen LogP contribution in [-0.2, 0) is 24.4 Å². The highest BCUT2D eigenvalue weighted by Gasteiger charge is 2.22. The minimum absolute atomic E-state index is 0.0463. The van der Waals surface area contributed by atoms with Gasteiger partial charge in [-0.3, -0.25) is 4.79 Å². The van der Waals surface area contributed by atoms with Crippen molar-refractivity contribution < 1.29 is 19.0 Å². The Morgan fingerprint density at radius 1 is 0.815 bits per heavy atom. The minimum atomic E-state index is 0.0463. The Bertz CT molecular complexity index is 920. The lowest BCUT2D eigenvalue weighted by atomic mass is 10.0. The first-order chi connectivity index (χ1) is 13.3. The Hall–Kier alpha value is -3.27. The van der Waals surface area contributed by atoms with E-state index in [2.05, 4.69) is 0 Å². The molecule has 4 nitrogen and oxygen atoms in total. The second-order valence-corrected chi connectivity index (χ2v) is 6.45. The highest BCUT2D eigenvalue weighted by molar-refractivity contribution is 5.85. The molecule has 0 unspecified atom stereocenters. The summed E-state index contributed by atoms with van der Waals surface area (Å²) in [6.07, 6.45) is 0.318. The third-order valence-corrected chi connectivity index (χ3v) is 4.39. The first kappa shape index (κ1) is 17.2. The van der Waals surface area contributed by atoms with Crippen LogP contribution < -0.4 is 14.2 Å². The summed E-state index contributed by atoms with van der Waals surface area (Å²) in [5.74, 6) is 2.00. The highest BCUT2D eigenvalue weighted by atomic mass is 16.5. The molecule has 1 aliphatic rings. The second-order valence-electron chi connectivity index (χ2n) is 6.45. The molecule has 0 aromatic heterocycles. The number of ether oxygens (including phenoxy) is 3. The fourth-order valence-corrected chi connectivity index (χ4v) is 2.99. The highest BCUT2D eigenvalue weighted by Crippen LogP contribution is 2.37. The zero-order chi connectivity index (χ0) is 18.5. The molecule has 3 aromatic rings. The average molecular weight is 360 g/mol. The summed E-state index contributed by atoms with van der Waals surface area (Å²) in [5, 5.41) is 0. The number of benzene rings is 3. The van der Waals surface area contributed by atoms with E-state index in [9.17, 15) is 4.79 Å². The Labute approximate surface area is 158 Å². The third kappa shape index (κ3) is 4.29. The third-order valence-electron chi connectivity index (χ3n) is 4.39. The van der Waals surface area contributed by atoms with Crippen LogP contribution in [0, 0.1) is 0 Å². The van der Waals surface area contributed by atoms with Gasteiger partial charge in [0.05, 0.1) is 0 Å². The molecule has 0 N–H and O–H groups in total. The predicted octanol–water partition coefficient (Wildman–Crippen LogP) is 4.35. The lowest BCUT2D eigenvalue weighted by Crippen LogP contribution is -2.21. The van der Waals surface area contributed by atoms with Crippen LogP contribution in [0.25, 0.3) is 0 Å². The summed E-state index contributed by atoms with van der Waals surface area (Å²) in [6, 6.07) is 23.6. The molecule has 0 saturated heterocycles. The smallest absolute Gasteiger partial charge is 0.174 e. The number of carbonyl (C=O) groups excluding carboxylic acids is 1. The Kier molecular flexibility index (Phi) is 5.06. The summed E-state index contributed by atoms with van der Waals surface area (Å²) >= 11 is 0. The Balaban J connectivity index is 1.56. The summed E-state index contributed by atoms with van der Waals surface area (Å²) in [5.41, 5.74) is 2.93. The largest absolute Gasteiger partial charge is 0.489 e. The molecule has 0 aliphatic carbocycles. The monoisotopic (exact) mass is 360 g/mol. The van der Waals surface area contributed by atoms with Gasteiger partial charge in [0.25, 0.3) is 0 Å². The Morgan fingerprint density at radius 2 is 1.44 bits per heavy atom. The zero-order valence-electron chi connectivity index (χ0n) is 14.9. The van der Waals surface area contributed by atoms with Gasteiger partial charge in [0.15, 0.2) is 5.78 Å². The van der Waals surface area contributed by atoms with Gasteiger partial charge in [-0.1, -0.05) is 60.7 Å². The van der Waals surface area contributed by atoms with Crippen molar-refractivity contribution in [2.45, 2.75) is 19.6 Å². The van der Waals surface area contributed by atoms with Crippen molar-refractivity contribution in [2.24, 2.45) is 0 Å². The van der Waals surface area contributed by atoms with Crippen LogP contribution in [0.15, 0.2) is 72.8 Å². The summed E-state index contributed by atoms with van der Waals surface area (Å²) in [4.78, 5) is 11.8. The van der Waals surface area contributed by atoms with E-state index in [0.717, 1.165) is 16.7 Å². The van der Waals surface area contributed by atoms with E-state index in [-0.39, 0.29) is 12.4 Å². The molecule has 0 atom stereocenters. The molecular formula is C23H20O4. The van der Waals surface area contributed by atoms with E-state index in [1.54, 1.807) is 0 Å². The van der Waals surface area contributed by atoms with Crippen LogP contribution in [-0.4, -0.2) is 12.4 Å². The molecule has 4 rings (SSSR count). The maximum Gasteiger partial charge on any atom is 0.174 e. The van der Waals surface area contributed by atoms with Crippen LogP contribution in [0.3, 0.4) is 0 Å². The van der Waals surface area contributed by atoms with Gasteiger partial charge in [0.2, 0.25) is 0 Å². The first-order valence-electron chi connectivity index (χ1n) is 8.93. The van der Waals surface area contributed by atoms with Crippen molar-refractivity contribution in [3.63, 3.8) is 0 Å². The fraction of sp³-hybridized carbons (Fsp3) is 0.174. The molecule has 0 fully saturated rings. The molecule has 0 saturated carbocycles. The lowest BCUT2D eigenvalue weighted by Gasteiger charge is -2.21. The van der Waals surface area contributed by atoms with Crippen LogP contribution in [0.2, 0.25) is 0 Å². The maximum atomic E-state index is 11.8. The molecule has 3 aromatic carbocycles. The van der Waals surface area contributed by atoms with E-state index >= 15 is 0 Å². The number of rotatable bonds is 6. The normalized spacial score (nSPS) is 12.8. The van der Waals surface area contributed by atoms with Crippen molar-refractivity contribution in [3.8, 4) is 17.2 Å². The second kappa shape index (κ2) is 7.96. The first-order valence-corrected chi connectivity index (χ1v) is 8.93. The van der Waals surface area contributed by atoms with E-state index in [1.807, 2.05) is 72.8 Å².